The van der Waals surface area contributed by atoms with Crippen LogP contribution in [0.2, 0.25) is 0 Å². The minimum absolute atomic E-state index is 0.132. The van der Waals surface area contributed by atoms with Crippen molar-refractivity contribution in [1.29, 1.82) is 0 Å². The van der Waals surface area contributed by atoms with Crippen LogP contribution in [0, 0.1) is 5.92 Å². The van der Waals surface area contributed by atoms with Crippen LogP contribution in [0.5, 0.6) is 0 Å². The Morgan fingerprint density at radius 2 is 2.27 bits per heavy atom. The van der Waals surface area contributed by atoms with Crippen LogP contribution in [0.1, 0.15) is 41.8 Å². The molecule has 0 radical (unpaired) electrons. The van der Waals surface area contributed by atoms with Gasteiger partial charge in [-0.1, -0.05) is 19.9 Å². The van der Waals surface area contributed by atoms with Crippen molar-refractivity contribution in [1.82, 2.24) is 4.90 Å². The lowest BCUT2D eigenvalue weighted by atomic mass is 9.59. The third-order valence-corrected chi connectivity index (χ3v) is 5.99. The zero-order valence-electron chi connectivity index (χ0n) is 13.8. The number of carbonyl (C=O) groups is 1. The van der Waals surface area contributed by atoms with Gasteiger partial charge in [-0.15, -0.1) is 0 Å². The Bertz CT molecular complexity index is 586. The molecule has 1 saturated heterocycles. The molecule has 1 aromatic carbocycles. The number of methoxy groups -OCH3 is 1. The zero-order valence-corrected chi connectivity index (χ0v) is 13.8. The second-order valence-corrected chi connectivity index (χ2v) is 6.99. The molecule has 1 heterocycles. The summed E-state index contributed by atoms with van der Waals surface area (Å²) in [4.78, 5) is 14.1. The maximum Gasteiger partial charge on any atom is 0.248 e. The summed E-state index contributed by atoms with van der Waals surface area (Å²) in [6.07, 6.45) is 2.17. The van der Waals surface area contributed by atoms with Crippen LogP contribution in [0.15, 0.2) is 18.2 Å². The Labute approximate surface area is 132 Å². The number of benzene rings is 1. The molecule has 0 unspecified atom stereocenters. The van der Waals surface area contributed by atoms with Crippen molar-refractivity contribution < 1.29 is 9.53 Å². The van der Waals surface area contributed by atoms with Gasteiger partial charge in [-0.2, -0.15) is 0 Å². The van der Waals surface area contributed by atoms with Gasteiger partial charge in [0.1, 0.15) is 0 Å². The van der Waals surface area contributed by atoms with Gasteiger partial charge in [0.15, 0.2) is 0 Å². The monoisotopic (exact) mass is 302 g/mol. The van der Waals surface area contributed by atoms with E-state index in [4.69, 9.17) is 10.5 Å². The van der Waals surface area contributed by atoms with Gasteiger partial charge in [0.05, 0.1) is 6.61 Å². The van der Waals surface area contributed by atoms with Crippen LogP contribution in [-0.4, -0.2) is 43.7 Å². The topological polar surface area (TPSA) is 55.6 Å². The van der Waals surface area contributed by atoms with E-state index in [1.54, 1.807) is 7.11 Å². The van der Waals surface area contributed by atoms with Crippen LogP contribution in [0.3, 0.4) is 0 Å². The van der Waals surface area contributed by atoms with Crippen molar-refractivity contribution in [2.45, 2.75) is 38.1 Å². The number of likely N-dealkylation sites (tertiary alicyclic amines) is 1. The summed E-state index contributed by atoms with van der Waals surface area (Å²) in [7, 11) is 1.76. The number of fused-ring (bicyclic) bond motifs is 4. The van der Waals surface area contributed by atoms with E-state index in [2.05, 4.69) is 24.8 Å². The summed E-state index contributed by atoms with van der Waals surface area (Å²) in [6.45, 7) is 7.57. The number of nitrogens with two attached hydrogens (primary N) is 1. The molecule has 0 spiro atoms. The van der Waals surface area contributed by atoms with Gasteiger partial charge < -0.3 is 10.5 Å². The second-order valence-electron chi connectivity index (χ2n) is 6.99. The average molecular weight is 302 g/mol. The average Bonchev–Trinajstić information content (AvgIpc) is 2.49. The lowest BCUT2D eigenvalue weighted by molar-refractivity contribution is 0.0157. The Morgan fingerprint density at radius 1 is 1.50 bits per heavy atom. The lowest BCUT2D eigenvalue weighted by Gasteiger charge is -2.54. The number of primary amides is 1. The first-order valence-electron chi connectivity index (χ1n) is 8.13. The summed E-state index contributed by atoms with van der Waals surface area (Å²) in [5.74, 6) is 0.229. The lowest BCUT2D eigenvalue weighted by Crippen LogP contribution is -2.58. The smallest absolute Gasteiger partial charge is 0.248 e. The van der Waals surface area contributed by atoms with Crippen molar-refractivity contribution in [3.05, 3.63) is 34.9 Å². The molecular weight excluding hydrogens is 276 g/mol. The van der Waals surface area contributed by atoms with E-state index in [1.807, 2.05) is 12.1 Å². The van der Waals surface area contributed by atoms with Gasteiger partial charge in [0, 0.05) is 25.3 Å². The molecule has 120 valence electrons. The third kappa shape index (κ3) is 2.34. The Kier molecular flexibility index (Phi) is 4.00. The van der Waals surface area contributed by atoms with Crippen molar-refractivity contribution in [3.63, 3.8) is 0 Å². The molecule has 1 aromatic rings. The standard InChI is InChI=1S/C18H26N2O2/c1-12-16-11-13-4-5-14(17(19)21)10-15(13)18(12,2)6-7-20(16)8-9-22-3/h4-5,10,12,16H,6-9,11H2,1-3H3,(H2,19,21)/t12-,16+,18-/m0/s1. The van der Waals surface area contributed by atoms with E-state index in [-0.39, 0.29) is 11.3 Å². The van der Waals surface area contributed by atoms with Gasteiger partial charge in [0.2, 0.25) is 5.91 Å². The quantitative estimate of drug-likeness (QED) is 0.925. The second kappa shape index (κ2) is 5.67. The van der Waals surface area contributed by atoms with E-state index >= 15 is 0 Å². The first kappa shape index (κ1) is 15.5. The van der Waals surface area contributed by atoms with E-state index in [9.17, 15) is 4.79 Å². The van der Waals surface area contributed by atoms with Crippen molar-refractivity contribution in [2.75, 3.05) is 26.8 Å². The Hall–Kier alpha value is -1.39. The maximum absolute atomic E-state index is 11.5. The molecule has 1 amide bonds. The van der Waals surface area contributed by atoms with Gasteiger partial charge in [0.25, 0.3) is 0 Å². The Balaban J connectivity index is 1.97. The highest BCUT2D eigenvalue weighted by Gasteiger charge is 2.48. The van der Waals surface area contributed by atoms with Crippen LogP contribution in [0.25, 0.3) is 0 Å². The zero-order chi connectivity index (χ0) is 15.9. The fourth-order valence-electron chi connectivity index (χ4n) is 4.35. The number of ether oxygens (including phenoxy) is 1. The highest BCUT2D eigenvalue weighted by molar-refractivity contribution is 5.93. The molecule has 1 aliphatic carbocycles. The molecule has 1 fully saturated rings. The fourth-order valence-corrected chi connectivity index (χ4v) is 4.35. The van der Waals surface area contributed by atoms with E-state index in [0.717, 1.165) is 32.5 Å². The SMILES string of the molecule is COCCN1CC[C@]2(C)c3cc(C(N)=O)ccc3C[C@@H]1[C@@H]2C. The first-order chi connectivity index (χ1) is 10.5. The van der Waals surface area contributed by atoms with Crippen LogP contribution >= 0.6 is 0 Å². The summed E-state index contributed by atoms with van der Waals surface area (Å²) < 4.78 is 5.26. The number of rotatable bonds is 4. The van der Waals surface area contributed by atoms with E-state index in [1.165, 1.54) is 11.1 Å². The van der Waals surface area contributed by atoms with Crippen molar-refractivity contribution in [3.8, 4) is 0 Å². The molecular formula is C18H26N2O2. The highest BCUT2D eigenvalue weighted by atomic mass is 16.5. The summed E-state index contributed by atoms with van der Waals surface area (Å²) >= 11 is 0. The van der Waals surface area contributed by atoms with Gasteiger partial charge in [-0.3, -0.25) is 9.69 Å². The van der Waals surface area contributed by atoms with Crippen LogP contribution < -0.4 is 5.73 Å². The van der Waals surface area contributed by atoms with Crippen LogP contribution in [-0.2, 0) is 16.6 Å². The molecule has 0 aromatic heterocycles. The number of hydrogen-bond donors (Lipinski definition) is 1. The first-order valence-corrected chi connectivity index (χ1v) is 8.13. The molecule has 4 heteroatoms. The maximum atomic E-state index is 11.5. The molecule has 2 N–H and O–H groups in total. The summed E-state index contributed by atoms with van der Waals surface area (Å²) in [5.41, 5.74) is 8.94. The minimum Gasteiger partial charge on any atom is -0.383 e. The third-order valence-electron chi connectivity index (χ3n) is 5.99. The molecule has 0 saturated carbocycles. The van der Waals surface area contributed by atoms with Crippen molar-refractivity contribution >= 4 is 5.91 Å². The summed E-state index contributed by atoms with van der Waals surface area (Å²) in [6, 6.07) is 6.57. The Morgan fingerprint density at radius 3 is 2.95 bits per heavy atom. The molecule has 2 aliphatic rings. The number of carbonyl (C=O) groups excluding carboxylic acids is 1. The largest absolute Gasteiger partial charge is 0.383 e. The predicted octanol–water partition coefficient (Wildman–Crippen LogP) is 1.96. The number of piperidine rings is 1. The number of amides is 1. The number of hydrogen-bond acceptors (Lipinski definition) is 3. The fraction of sp³-hybridized carbons (Fsp3) is 0.611. The van der Waals surface area contributed by atoms with E-state index in [0.29, 0.717) is 17.5 Å². The molecule has 2 bridgehead atoms. The molecule has 4 nitrogen and oxygen atoms in total. The van der Waals surface area contributed by atoms with Gasteiger partial charge in [-0.25, -0.2) is 0 Å². The predicted molar refractivity (Wildman–Crippen MR) is 87.0 cm³/mol. The van der Waals surface area contributed by atoms with E-state index < -0.39 is 0 Å². The molecule has 1 aliphatic heterocycles. The van der Waals surface area contributed by atoms with Crippen LogP contribution in [0.4, 0.5) is 0 Å². The van der Waals surface area contributed by atoms with Gasteiger partial charge in [-0.05, 0) is 54.0 Å². The van der Waals surface area contributed by atoms with Crippen molar-refractivity contribution in [2.24, 2.45) is 11.7 Å². The minimum atomic E-state index is -0.335. The molecule has 3 rings (SSSR count). The molecule has 22 heavy (non-hydrogen) atoms. The normalized spacial score (nSPS) is 30.9. The van der Waals surface area contributed by atoms with Gasteiger partial charge >= 0.3 is 0 Å². The molecule has 3 atom stereocenters. The number of nitrogens with zero attached hydrogens (tertiary/aromatic N) is 1. The summed E-state index contributed by atoms with van der Waals surface area (Å²) in [5, 5.41) is 0. The highest BCUT2D eigenvalue weighted by Crippen LogP contribution is 2.48.